The second-order valence-electron chi connectivity index (χ2n) is 27.8. The summed E-state index contributed by atoms with van der Waals surface area (Å²) in [5, 5.41) is 37.6. The van der Waals surface area contributed by atoms with E-state index in [1.165, 1.54) is 84.9 Å². The van der Waals surface area contributed by atoms with Crippen LogP contribution in [0.5, 0.6) is 11.8 Å². The number of aliphatic hydroxyl groups is 4. The lowest BCUT2D eigenvalue weighted by molar-refractivity contribution is 0.0432. The molecule has 0 unspecified atom stereocenters. The Morgan fingerprint density at radius 3 is 1.10 bits per heavy atom. The van der Waals surface area contributed by atoms with Crippen molar-refractivity contribution < 1.29 is 70.3 Å². The number of fused-ring (bicyclic) bond motifs is 12. The first-order chi connectivity index (χ1) is 52.5. The van der Waals surface area contributed by atoms with Gasteiger partial charge in [-0.15, -0.1) is 34.0 Å². The van der Waals surface area contributed by atoms with Crippen LogP contribution in [0.25, 0.3) is 30.6 Å². The van der Waals surface area contributed by atoms with Crippen LogP contribution in [0.1, 0.15) is 231 Å². The van der Waals surface area contributed by atoms with Gasteiger partial charge < -0.3 is 51.6 Å². The number of cyclic esters (lactones) is 2. The van der Waals surface area contributed by atoms with E-state index in [1.807, 2.05) is 23.5 Å². The molecule has 7 aliphatic carbocycles. The largest absolute Gasteiger partial charge is 0.474 e. The van der Waals surface area contributed by atoms with Gasteiger partial charge in [-0.05, 0) is 227 Å². The number of ether oxygens (including phenoxy) is 3. The van der Waals surface area contributed by atoms with Gasteiger partial charge in [-0.3, -0.25) is 40.7 Å². The van der Waals surface area contributed by atoms with Crippen molar-refractivity contribution in [2.45, 2.75) is 223 Å². The summed E-state index contributed by atoms with van der Waals surface area (Å²) in [6, 6.07) is 21.2. The molecule has 9 aromatic rings. The lowest BCUT2D eigenvalue weighted by atomic mass is 9.92. The standard InChI is InChI=1S/C23H21N3O3S.C15H19N3OS.C14H15NO3.C9H7ClN2S.C8H4O3.C6H13NO.2C2H6O.H4N2.H2O.H2/c27-22-15-4-1-2-5-16(15)23(28)26(22)13-8-10-14(11-9-13)29-20-19-17-6-3-7-18(17)30-21(19)25-12-24-20;16-9-4-6-10(7-5-9)19-14-13-11-2-1-3-12(11)20-15(13)18-8-17-14;16-10-7-5-9(6-8-10)15-13(17)11-3-1-2-4-12(11)14(15)18;10-8-7-5-2-1-3-6(5)13-9(7)12-4-11-8;9-7-5-3-1-2-4-6(5)8(10)11-7;7-5-1-3-6(8)4-2-5;2*1-2-3;1-2;;/h1-2,4-5,12-14H,3,6-11H2;8-10H,1-7,16H2;1-4,9-10,16H,5-8H2;4H,1-3H2;1-4H;5-6,8H,1-4,7H2;2*3H,2H2,1H3;1-2H2;1H2;1H/i;;;;;;;;;;1+1. The number of aliphatic hydroxyl groups excluding tert-OH is 4. The molecule has 19 rings (SSSR count). The molecule has 0 atom stereocenters. The highest BCUT2D eigenvalue weighted by molar-refractivity contribution is 7.19. The number of esters is 2. The monoisotopic (exact) mass is 1570 g/mol. The van der Waals surface area contributed by atoms with Gasteiger partial charge >= 0.3 is 11.9 Å². The number of hydrogen-bond acceptors (Lipinski definition) is 26. The second-order valence-corrected chi connectivity index (χ2v) is 31.4. The average molecular weight is 1570 g/mol. The third kappa shape index (κ3) is 19.6. The molecule has 0 spiro atoms. The van der Waals surface area contributed by atoms with E-state index < -0.39 is 11.9 Å². The number of imide groups is 2. The molecule has 4 fully saturated rings. The van der Waals surface area contributed by atoms with Crippen molar-refractivity contribution in [2.24, 2.45) is 23.2 Å². The van der Waals surface area contributed by atoms with Crippen molar-refractivity contribution in [1.29, 1.82) is 0 Å². The van der Waals surface area contributed by atoms with Crippen LogP contribution in [-0.4, -0.2) is 163 Å². The fraction of sp³-hybridized carbons (Fsp3) is 0.468. The molecule has 4 amide bonds. The Kier molecular flexibility index (Phi) is 30.2. The number of hydrazine groups is 1. The molecule has 0 saturated heterocycles. The summed E-state index contributed by atoms with van der Waals surface area (Å²) in [5.41, 5.74) is 18.5. The van der Waals surface area contributed by atoms with Crippen LogP contribution in [0.15, 0.2) is 91.8 Å². The van der Waals surface area contributed by atoms with Crippen molar-refractivity contribution in [3.05, 3.63) is 162 Å². The summed E-state index contributed by atoms with van der Waals surface area (Å²) >= 11 is 11.4. The van der Waals surface area contributed by atoms with Crippen molar-refractivity contribution >= 4 is 112 Å². The maximum atomic E-state index is 12.8. The lowest BCUT2D eigenvalue weighted by Crippen LogP contribution is -2.43. The molecular weight excluding hydrogens is 1470 g/mol. The topological polar surface area (TPSA) is 430 Å². The van der Waals surface area contributed by atoms with Crippen LogP contribution in [0.3, 0.4) is 0 Å². The highest BCUT2D eigenvalue weighted by Crippen LogP contribution is 2.44. The third-order valence-corrected chi connectivity index (χ3v) is 24.5. The third-order valence-electron chi connectivity index (χ3n) is 20.6. The minimum atomic E-state index is -0.550. The van der Waals surface area contributed by atoms with E-state index in [0.29, 0.717) is 82.2 Å². The van der Waals surface area contributed by atoms with Gasteiger partial charge in [-0.25, -0.2) is 39.5 Å². The first-order valence-electron chi connectivity index (χ1n) is 37.4. The predicted octanol–water partition coefficient (Wildman–Crippen LogP) is 10.9. The SMILES string of the molecule is CCO.CCO.Clc1ncnc2sc3c(c12)CCC3.NC1CCC(O)CC1.NC1CCC(Oc2ncnc3sc4c(c23)CCC4)CC1.NN.O.O=C1OC(=O)c2ccccc21.O=C1c2ccccc2C(=O)N1C1CCC(O)CC1.O=C1c2ccccc2C(=O)N1C1CCC(Oc2ncnc3sc4c(c23)CCC4)CC1.[2HH]. The Morgan fingerprint density at radius 2 is 0.743 bits per heavy atom. The van der Waals surface area contributed by atoms with E-state index in [1.54, 1.807) is 110 Å². The molecule has 26 nitrogen and oxygen atoms in total. The van der Waals surface area contributed by atoms with Crippen LogP contribution in [0, 0.1) is 0 Å². The minimum absolute atomic E-state index is 0. The summed E-state index contributed by atoms with van der Waals surface area (Å²) in [7, 11) is 0. The lowest BCUT2D eigenvalue weighted by Gasteiger charge is -2.33. The molecule has 0 bridgehead atoms. The summed E-state index contributed by atoms with van der Waals surface area (Å²) in [4.78, 5) is 108. The van der Waals surface area contributed by atoms with E-state index in [-0.39, 0.29) is 80.2 Å². The molecule has 3 aliphatic heterocycles. The van der Waals surface area contributed by atoms with Gasteiger partial charge in [0.05, 0.1) is 61.7 Å². The van der Waals surface area contributed by atoms with E-state index in [0.717, 1.165) is 134 Å². The zero-order valence-electron chi connectivity index (χ0n) is 61.3. The Bertz CT molecular complexity index is 4520. The van der Waals surface area contributed by atoms with Crippen LogP contribution < -0.4 is 32.6 Å². The summed E-state index contributed by atoms with van der Waals surface area (Å²) in [6.45, 7) is 3.86. The first kappa shape index (κ1) is 83.2. The number of amides is 4. The quantitative estimate of drug-likeness (QED) is 0.0191. The highest BCUT2D eigenvalue weighted by atomic mass is 35.5. The zero-order valence-corrected chi connectivity index (χ0v) is 64.5. The Hall–Kier alpha value is -8.27. The zero-order chi connectivity index (χ0) is 76.5. The molecule has 3 aromatic carbocycles. The average Bonchev–Trinajstić information content (AvgIpc) is 1.64. The molecule has 584 valence electrons. The molecule has 6 aromatic heterocycles. The maximum absolute atomic E-state index is 12.8. The van der Waals surface area contributed by atoms with Gasteiger partial charge in [0.1, 0.15) is 50.8 Å². The number of carbonyl (C=O) groups excluding carboxylic acids is 6. The fourth-order valence-corrected chi connectivity index (χ4v) is 19.3. The van der Waals surface area contributed by atoms with Crippen LogP contribution >= 0.6 is 45.6 Å². The summed E-state index contributed by atoms with van der Waals surface area (Å²) in [6.07, 6.45) is 29.2. The highest BCUT2D eigenvalue weighted by Gasteiger charge is 2.43. The van der Waals surface area contributed by atoms with Crippen LogP contribution in [0.4, 0.5) is 0 Å². The molecule has 9 heterocycles. The fourth-order valence-electron chi connectivity index (χ4n) is 15.3. The Morgan fingerprint density at radius 1 is 0.450 bits per heavy atom. The summed E-state index contributed by atoms with van der Waals surface area (Å²) in [5.74, 6) is 7.71. The number of benzene rings is 3. The van der Waals surface area contributed by atoms with E-state index in [4.69, 9.17) is 47.9 Å². The van der Waals surface area contributed by atoms with Gasteiger partial charge in [0, 0.05) is 53.4 Å². The van der Waals surface area contributed by atoms with Crippen molar-refractivity contribution in [3.8, 4) is 11.8 Å². The van der Waals surface area contributed by atoms with E-state index in [9.17, 15) is 33.9 Å². The van der Waals surface area contributed by atoms with Gasteiger partial charge in [0.2, 0.25) is 11.8 Å². The van der Waals surface area contributed by atoms with Gasteiger partial charge in [0.15, 0.2) is 0 Å². The second kappa shape index (κ2) is 39.6. The molecule has 4 saturated carbocycles. The number of thiophene rings is 3. The normalized spacial score (nSPS) is 22.2. The molecule has 30 heteroatoms. The van der Waals surface area contributed by atoms with Crippen molar-refractivity contribution in [1.82, 2.24) is 39.7 Å². The number of aryl methyl sites for hydroxylation is 6. The van der Waals surface area contributed by atoms with E-state index in [2.05, 4.69) is 46.3 Å². The number of aromatic nitrogens is 6. The predicted molar refractivity (Wildman–Crippen MR) is 421 cm³/mol. The van der Waals surface area contributed by atoms with Crippen LogP contribution in [-0.2, 0) is 43.3 Å². The number of carbonyl (C=O) groups is 6. The van der Waals surface area contributed by atoms with Crippen LogP contribution in [0.2, 0.25) is 5.15 Å². The van der Waals surface area contributed by atoms with Gasteiger partial charge in [-0.2, -0.15) is 0 Å². The Labute approximate surface area is 650 Å². The maximum Gasteiger partial charge on any atom is 0.346 e. The summed E-state index contributed by atoms with van der Waals surface area (Å²) < 4.78 is 16.9. The molecular formula is C79H99ClN12O14S3. The molecule has 109 heavy (non-hydrogen) atoms. The van der Waals surface area contributed by atoms with Gasteiger partial charge in [-0.1, -0.05) is 48.0 Å². The van der Waals surface area contributed by atoms with Crippen molar-refractivity contribution in [3.63, 3.8) is 0 Å². The first-order valence-corrected chi connectivity index (χ1v) is 40.3. The number of halogens is 1. The molecule has 10 aliphatic rings. The number of nitrogens with two attached hydrogens (primary N) is 4. The minimum Gasteiger partial charge on any atom is -0.474 e. The number of rotatable bonds is 6. The van der Waals surface area contributed by atoms with Gasteiger partial charge in [0.25, 0.3) is 23.6 Å². The number of nitrogens with zero attached hydrogens (tertiary/aromatic N) is 8. The Balaban J connectivity index is 0.000000155. The smallest absolute Gasteiger partial charge is 0.346 e. The molecule has 14 N–H and O–H groups in total. The van der Waals surface area contributed by atoms with Crippen molar-refractivity contribution in [2.75, 3.05) is 13.2 Å². The number of hydrogen-bond donors (Lipinski definition) is 8. The van der Waals surface area contributed by atoms with E-state index >= 15 is 0 Å². The molecule has 0 radical (unpaired) electrons.